The summed E-state index contributed by atoms with van der Waals surface area (Å²) in [5, 5.41) is 11.5. The van der Waals surface area contributed by atoms with Crippen LogP contribution in [0.1, 0.15) is 39.6 Å². The fraction of sp³-hybridized carbons (Fsp3) is 0.182. The van der Waals surface area contributed by atoms with Crippen LogP contribution >= 0.6 is 11.6 Å². The molecule has 0 saturated carbocycles. The summed E-state index contributed by atoms with van der Waals surface area (Å²) in [6.45, 7) is 3.91. The summed E-state index contributed by atoms with van der Waals surface area (Å²) < 4.78 is 5.95. The van der Waals surface area contributed by atoms with Crippen molar-refractivity contribution < 1.29 is 4.74 Å². The molecule has 0 radical (unpaired) electrons. The van der Waals surface area contributed by atoms with Crippen LogP contribution in [0.15, 0.2) is 58.1 Å². The SMILES string of the molecule is Cc1[nH][nH]c(=O)c1C(c1cccc(OCc2ccccc2Cl)c1)c1c(C)[nH][nH]c1=O. The first-order chi connectivity index (χ1) is 14.5. The molecular formula is C22H21ClN4O3. The highest BCUT2D eigenvalue weighted by molar-refractivity contribution is 6.31. The van der Waals surface area contributed by atoms with Gasteiger partial charge >= 0.3 is 0 Å². The Morgan fingerprint density at radius 3 is 2.07 bits per heavy atom. The second-order valence-electron chi connectivity index (χ2n) is 7.12. The molecule has 0 atom stereocenters. The van der Waals surface area contributed by atoms with E-state index in [1.54, 1.807) is 13.8 Å². The van der Waals surface area contributed by atoms with Crippen molar-refractivity contribution in [3.8, 4) is 5.75 Å². The summed E-state index contributed by atoms with van der Waals surface area (Å²) in [4.78, 5) is 25.1. The minimum atomic E-state index is -0.557. The van der Waals surface area contributed by atoms with Crippen molar-refractivity contribution in [3.63, 3.8) is 0 Å². The summed E-state index contributed by atoms with van der Waals surface area (Å²) in [5.41, 5.74) is 3.45. The maximum atomic E-state index is 12.6. The lowest BCUT2D eigenvalue weighted by molar-refractivity contribution is 0.306. The number of nitrogens with one attached hydrogen (secondary N) is 4. The molecule has 2 aromatic carbocycles. The summed E-state index contributed by atoms with van der Waals surface area (Å²) >= 11 is 6.21. The lowest BCUT2D eigenvalue weighted by atomic mass is 9.85. The minimum Gasteiger partial charge on any atom is -0.489 e. The smallest absolute Gasteiger partial charge is 0.268 e. The third-order valence-corrected chi connectivity index (χ3v) is 5.51. The summed E-state index contributed by atoms with van der Waals surface area (Å²) in [6, 6.07) is 14.9. The molecule has 0 aliphatic heterocycles. The van der Waals surface area contributed by atoms with E-state index in [-0.39, 0.29) is 11.1 Å². The highest BCUT2D eigenvalue weighted by Crippen LogP contribution is 2.33. The van der Waals surface area contributed by atoms with Crippen molar-refractivity contribution in [1.82, 2.24) is 20.4 Å². The molecular weight excluding hydrogens is 404 g/mol. The van der Waals surface area contributed by atoms with Crippen LogP contribution in [0.2, 0.25) is 5.02 Å². The van der Waals surface area contributed by atoms with Gasteiger partial charge in [0.2, 0.25) is 0 Å². The largest absolute Gasteiger partial charge is 0.489 e. The van der Waals surface area contributed by atoms with Crippen molar-refractivity contribution in [2.24, 2.45) is 0 Å². The molecule has 0 fully saturated rings. The van der Waals surface area contributed by atoms with Gasteiger partial charge in [-0.2, -0.15) is 0 Å². The van der Waals surface area contributed by atoms with Gasteiger partial charge in [-0.3, -0.25) is 19.8 Å². The predicted molar refractivity (Wildman–Crippen MR) is 115 cm³/mol. The molecule has 7 nitrogen and oxygen atoms in total. The van der Waals surface area contributed by atoms with Crippen LogP contribution in [0.25, 0.3) is 0 Å². The first kappa shape index (κ1) is 19.8. The maximum Gasteiger partial charge on any atom is 0.268 e. The van der Waals surface area contributed by atoms with E-state index >= 15 is 0 Å². The number of H-pyrrole nitrogens is 4. The molecule has 30 heavy (non-hydrogen) atoms. The molecule has 0 aliphatic rings. The predicted octanol–water partition coefficient (Wildman–Crippen LogP) is 3.75. The number of aromatic nitrogens is 4. The standard InChI is InChI=1S/C22H21ClN4O3/c1-12-18(21(28)26-24-12)20(19-13(2)25-27-22(19)29)14-7-5-8-16(10-14)30-11-15-6-3-4-9-17(15)23/h3-10,20H,11H2,1-2H3,(H2,24,26,28)(H2,25,27,29). The molecule has 4 N–H and O–H groups in total. The minimum absolute atomic E-state index is 0.264. The summed E-state index contributed by atoms with van der Waals surface area (Å²) in [5.74, 6) is 0.0607. The first-order valence-electron chi connectivity index (χ1n) is 9.46. The van der Waals surface area contributed by atoms with Gasteiger partial charge < -0.3 is 14.9 Å². The molecule has 4 rings (SSSR count). The highest BCUT2D eigenvalue weighted by Gasteiger charge is 2.28. The van der Waals surface area contributed by atoms with Crippen LogP contribution in [-0.2, 0) is 6.61 Å². The number of rotatable bonds is 6. The summed E-state index contributed by atoms with van der Waals surface area (Å²) in [7, 11) is 0. The van der Waals surface area contributed by atoms with Gasteiger partial charge in [0.05, 0.1) is 11.1 Å². The highest BCUT2D eigenvalue weighted by atomic mass is 35.5. The van der Waals surface area contributed by atoms with E-state index in [0.29, 0.717) is 39.9 Å². The normalized spacial score (nSPS) is 11.2. The second-order valence-corrected chi connectivity index (χ2v) is 7.53. The number of ether oxygens (including phenoxy) is 1. The fourth-order valence-corrected chi connectivity index (χ4v) is 3.83. The summed E-state index contributed by atoms with van der Waals surface area (Å²) in [6.07, 6.45) is 0. The van der Waals surface area contributed by atoms with Crippen LogP contribution in [-0.4, -0.2) is 20.4 Å². The van der Waals surface area contributed by atoms with E-state index in [1.165, 1.54) is 0 Å². The topological polar surface area (TPSA) is 107 Å². The van der Waals surface area contributed by atoms with E-state index in [0.717, 1.165) is 11.1 Å². The Bertz CT molecular complexity index is 1240. The Morgan fingerprint density at radius 1 is 0.867 bits per heavy atom. The number of aryl methyl sites for hydroxylation is 2. The average molecular weight is 425 g/mol. The molecule has 0 bridgehead atoms. The lowest BCUT2D eigenvalue weighted by Gasteiger charge is -2.17. The zero-order chi connectivity index (χ0) is 21.3. The Labute approximate surface area is 177 Å². The zero-order valence-corrected chi connectivity index (χ0v) is 17.3. The lowest BCUT2D eigenvalue weighted by Crippen LogP contribution is -2.20. The molecule has 0 amide bonds. The van der Waals surface area contributed by atoms with Crippen molar-refractivity contribution in [1.29, 1.82) is 0 Å². The van der Waals surface area contributed by atoms with Crippen LogP contribution in [0, 0.1) is 13.8 Å². The van der Waals surface area contributed by atoms with Crippen LogP contribution in [0.3, 0.4) is 0 Å². The van der Waals surface area contributed by atoms with E-state index in [1.807, 2.05) is 48.5 Å². The molecule has 154 valence electrons. The number of aromatic amines is 4. The van der Waals surface area contributed by atoms with Crippen molar-refractivity contribution in [2.75, 3.05) is 0 Å². The number of hydrogen-bond donors (Lipinski definition) is 4. The van der Waals surface area contributed by atoms with Crippen LogP contribution in [0.5, 0.6) is 5.75 Å². The Balaban J connectivity index is 1.75. The van der Waals surface area contributed by atoms with Gasteiger partial charge in [0, 0.05) is 27.9 Å². The van der Waals surface area contributed by atoms with Crippen molar-refractivity contribution in [3.05, 3.63) is 108 Å². The third-order valence-electron chi connectivity index (χ3n) is 5.15. The second kappa shape index (κ2) is 8.12. The Morgan fingerprint density at radius 2 is 1.50 bits per heavy atom. The Hall–Kier alpha value is -3.45. The molecule has 2 aromatic heterocycles. The van der Waals surface area contributed by atoms with Gasteiger partial charge in [0.15, 0.2) is 0 Å². The van der Waals surface area contributed by atoms with Gasteiger partial charge in [-0.05, 0) is 37.6 Å². The van der Waals surface area contributed by atoms with E-state index in [9.17, 15) is 9.59 Å². The third kappa shape index (κ3) is 3.71. The molecule has 2 heterocycles. The number of benzene rings is 2. The quantitative estimate of drug-likeness (QED) is 0.378. The zero-order valence-electron chi connectivity index (χ0n) is 16.5. The Kier molecular flexibility index (Phi) is 5.37. The van der Waals surface area contributed by atoms with E-state index in [4.69, 9.17) is 16.3 Å². The van der Waals surface area contributed by atoms with Gasteiger partial charge in [-0.25, -0.2) is 0 Å². The maximum absolute atomic E-state index is 12.6. The fourth-order valence-electron chi connectivity index (χ4n) is 3.64. The van der Waals surface area contributed by atoms with Crippen LogP contribution < -0.4 is 15.9 Å². The van der Waals surface area contributed by atoms with Gasteiger partial charge in [0.1, 0.15) is 12.4 Å². The number of halogens is 1. The first-order valence-corrected chi connectivity index (χ1v) is 9.84. The molecule has 4 aromatic rings. The molecule has 0 aliphatic carbocycles. The van der Waals surface area contributed by atoms with Crippen LogP contribution in [0.4, 0.5) is 0 Å². The van der Waals surface area contributed by atoms with Crippen molar-refractivity contribution in [2.45, 2.75) is 26.4 Å². The molecule has 0 saturated heterocycles. The average Bonchev–Trinajstić information content (AvgIpc) is 3.24. The monoisotopic (exact) mass is 424 g/mol. The van der Waals surface area contributed by atoms with Gasteiger partial charge in [-0.1, -0.05) is 41.9 Å². The van der Waals surface area contributed by atoms with E-state index in [2.05, 4.69) is 20.4 Å². The molecule has 8 heteroatoms. The van der Waals surface area contributed by atoms with Crippen molar-refractivity contribution >= 4 is 11.6 Å². The molecule has 0 unspecified atom stereocenters. The van der Waals surface area contributed by atoms with Gasteiger partial charge in [-0.15, -0.1) is 0 Å². The van der Waals surface area contributed by atoms with Gasteiger partial charge in [0.25, 0.3) is 11.1 Å². The van der Waals surface area contributed by atoms with E-state index < -0.39 is 5.92 Å². The molecule has 0 spiro atoms. The number of hydrogen-bond acceptors (Lipinski definition) is 3.